The second kappa shape index (κ2) is 8.08. The fourth-order valence-electron chi connectivity index (χ4n) is 5.52. The summed E-state index contributed by atoms with van der Waals surface area (Å²) in [5, 5.41) is 0. The van der Waals surface area contributed by atoms with E-state index in [-0.39, 0.29) is 18.0 Å². The van der Waals surface area contributed by atoms with Gasteiger partial charge in [-0.25, -0.2) is 9.97 Å². The van der Waals surface area contributed by atoms with Crippen LogP contribution in [-0.2, 0) is 12.7 Å². The van der Waals surface area contributed by atoms with Crippen LogP contribution in [0.4, 0.5) is 13.2 Å². The lowest BCUT2D eigenvalue weighted by atomic mass is 10.1. The van der Waals surface area contributed by atoms with Gasteiger partial charge in [0.05, 0.1) is 16.9 Å². The molecular weight excluding hydrogens is 451 g/mol. The normalized spacial score (nSPS) is 16.8. The number of nitrogens with zero attached hydrogens (tertiary/aromatic N) is 5. The Labute approximate surface area is 202 Å². The molecule has 0 unspecified atom stereocenters. The Morgan fingerprint density at radius 3 is 2.20 bits per heavy atom. The van der Waals surface area contributed by atoms with Gasteiger partial charge in [-0.15, -0.1) is 0 Å². The number of fused-ring (bicyclic) bond motifs is 3. The molecular formula is C27H30F3N5. The summed E-state index contributed by atoms with van der Waals surface area (Å²) >= 11 is 0. The Morgan fingerprint density at radius 1 is 1.00 bits per heavy atom. The van der Waals surface area contributed by atoms with Crippen LogP contribution in [-0.4, -0.2) is 36.9 Å². The van der Waals surface area contributed by atoms with Crippen LogP contribution in [0.1, 0.15) is 53.8 Å². The van der Waals surface area contributed by atoms with Gasteiger partial charge in [-0.05, 0) is 81.5 Å². The molecule has 0 saturated heterocycles. The summed E-state index contributed by atoms with van der Waals surface area (Å²) in [7, 11) is 0. The molecule has 2 fully saturated rings. The SMILES string of the molecule is Cc1cc(C)c(-n2c3ncccc3n3c(CN(CC4CC4)CC4CC4)c(C(F)(F)F)nc23)c(C)c1. The summed E-state index contributed by atoms with van der Waals surface area (Å²) in [6.07, 6.45) is 1.83. The van der Waals surface area contributed by atoms with Gasteiger partial charge in [-0.2, -0.15) is 13.2 Å². The molecule has 2 aliphatic carbocycles. The quantitative estimate of drug-likeness (QED) is 0.314. The first kappa shape index (κ1) is 22.6. The summed E-state index contributed by atoms with van der Waals surface area (Å²) in [5.41, 5.74) is 4.62. The monoisotopic (exact) mass is 481 g/mol. The fourth-order valence-corrected chi connectivity index (χ4v) is 5.52. The maximum Gasteiger partial charge on any atom is 0.435 e. The molecule has 0 amide bonds. The number of alkyl halides is 3. The van der Waals surface area contributed by atoms with E-state index < -0.39 is 11.9 Å². The van der Waals surface area contributed by atoms with Crippen molar-refractivity contribution in [2.24, 2.45) is 11.8 Å². The van der Waals surface area contributed by atoms with Crippen LogP contribution >= 0.6 is 0 Å². The van der Waals surface area contributed by atoms with Crippen molar-refractivity contribution in [3.8, 4) is 5.69 Å². The second-order valence-electron chi connectivity index (χ2n) is 10.5. The fraction of sp³-hybridized carbons (Fsp3) is 0.481. The smallest absolute Gasteiger partial charge is 0.297 e. The van der Waals surface area contributed by atoms with Gasteiger partial charge in [0.15, 0.2) is 11.3 Å². The van der Waals surface area contributed by atoms with E-state index in [9.17, 15) is 13.2 Å². The number of aryl methyl sites for hydroxylation is 3. The largest absolute Gasteiger partial charge is 0.435 e. The summed E-state index contributed by atoms with van der Waals surface area (Å²) in [6, 6.07) is 7.73. The summed E-state index contributed by atoms with van der Waals surface area (Å²) < 4.78 is 46.7. The number of aromatic nitrogens is 4. The molecule has 8 heteroatoms. The van der Waals surface area contributed by atoms with E-state index in [1.165, 1.54) is 25.7 Å². The summed E-state index contributed by atoms with van der Waals surface area (Å²) in [5.74, 6) is 1.48. The molecule has 2 aliphatic rings. The highest BCUT2D eigenvalue weighted by Crippen LogP contribution is 2.39. The van der Waals surface area contributed by atoms with Gasteiger partial charge < -0.3 is 0 Å². The third-order valence-corrected chi connectivity index (χ3v) is 7.30. The number of hydrogen-bond acceptors (Lipinski definition) is 3. The van der Waals surface area contributed by atoms with Gasteiger partial charge in [0.1, 0.15) is 0 Å². The van der Waals surface area contributed by atoms with Crippen LogP contribution in [0.15, 0.2) is 30.5 Å². The molecule has 0 N–H and O–H groups in total. The zero-order valence-corrected chi connectivity index (χ0v) is 20.4. The Bertz CT molecular complexity index is 1390. The van der Waals surface area contributed by atoms with Crippen molar-refractivity contribution >= 4 is 16.9 Å². The first-order chi connectivity index (χ1) is 16.7. The average molecular weight is 482 g/mol. The van der Waals surface area contributed by atoms with Crippen molar-refractivity contribution in [1.29, 1.82) is 0 Å². The van der Waals surface area contributed by atoms with Crippen LogP contribution in [0.2, 0.25) is 0 Å². The number of halogens is 3. The average Bonchev–Trinajstić information content (AvgIpc) is 3.69. The number of imidazole rings is 2. The number of benzene rings is 1. The molecule has 6 rings (SSSR count). The highest BCUT2D eigenvalue weighted by Gasteiger charge is 2.41. The molecule has 184 valence electrons. The van der Waals surface area contributed by atoms with Crippen molar-refractivity contribution in [1.82, 2.24) is 23.8 Å². The van der Waals surface area contributed by atoms with E-state index in [1.54, 1.807) is 16.7 Å². The zero-order valence-electron chi connectivity index (χ0n) is 20.4. The lowest BCUT2D eigenvalue weighted by Gasteiger charge is -2.22. The van der Waals surface area contributed by atoms with Crippen molar-refractivity contribution in [2.45, 2.75) is 59.2 Å². The standard InChI is InChI=1S/C27H30F3N5/c1-16-11-17(2)23(18(3)12-16)35-25-21(5-4-10-31-25)34-22(24(27(28,29)30)32-26(34)35)15-33(13-19-6-7-19)14-20-8-9-20/h4-5,10-12,19-20H,6-9,13-15H2,1-3H3. The molecule has 0 bridgehead atoms. The number of rotatable bonds is 7. The summed E-state index contributed by atoms with van der Waals surface area (Å²) in [6.45, 7) is 7.95. The van der Waals surface area contributed by atoms with Crippen molar-refractivity contribution in [3.05, 3.63) is 58.5 Å². The van der Waals surface area contributed by atoms with Gasteiger partial charge in [-0.1, -0.05) is 17.7 Å². The third-order valence-electron chi connectivity index (χ3n) is 7.30. The Morgan fingerprint density at radius 2 is 1.63 bits per heavy atom. The topological polar surface area (TPSA) is 38.4 Å². The van der Waals surface area contributed by atoms with E-state index >= 15 is 0 Å². The minimum absolute atomic E-state index is 0.216. The lowest BCUT2D eigenvalue weighted by Crippen LogP contribution is -2.29. The number of pyridine rings is 1. The molecule has 1 aromatic carbocycles. The number of hydrogen-bond donors (Lipinski definition) is 0. The van der Waals surface area contributed by atoms with Crippen molar-refractivity contribution in [3.63, 3.8) is 0 Å². The van der Waals surface area contributed by atoms with E-state index in [0.29, 0.717) is 23.0 Å². The van der Waals surface area contributed by atoms with E-state index in [4.69, 9.17) is 0 Å². The van der Waals surface area contributed by atoms with Gasteiger partial charge >= 0.3 is 6.18 Å². The van der Waals surface area contributed by atoms with Crippen LogP contribution in [0, 0.1) is 32.6 Å². The molecule has 4 aromatic rings. The van der Waals surface area contributed by atoms with Crippen LogP contribution < -0.4 is 0 Å². The van der Waals surface area contributed by atoms with E-state index in [0.717, 1.165) is 35.5 Å². The van der Waals surface area contributed by atoms with E-state index in [2.05, 4.69) is 27.0 Å². The van der Waals surface area contributed by atoms with Gasteiger partial charge in [0.2, 0.25) is 5.78 Å². The summed E-state index contributed by atoms with van der Waals surface area (Å²) in [4.78, 5) is 11.1. The lowest BCUT2D eigenvalue weighted by molar-refractivity contribution is -0.141. The molecule has 35 heavy (non-hydrogen) atoms. The predicted octanol–water partition coefficient (Wildman–Crippen LogP) is 6.24. The molecule has 0 atom stereocenters. The second-order valence-corrected chi connectivity index (χ2v) is 10.5. The Balaban J connectivity index is 1.60. The van der Waals surface area contributed by atoms with Gasteiger partial charge in [-0.3, -0.25) is 13.9 Å². The van der Waals surface area contributed by atoms with Crippen molar-refractivity contribution < 1.29 is 13.2 Å². The zero-order chi connectivity index (χ0) is 24.5. The molecule has 5 nitrogen and oxygen atoms in total. The molecule has 0 radical (unpaired) electrons. The Hall–Kier alpha value is -2.87. The van der Waals surface area contributed by atoms with Crippen LogP contribution in [0.25, 0.3) is 22.6 Å². The Kier molecular flexibility index (Phi) is 5.22. The predicted molar refractivity (Wildman–Crippen MR) is 130 cm³/mol. The first-order valence-corrected chi connectivity index (χ1v) is 12.4. The molecule has 3 heterocycles. The van der Waals surface area contributed by atoms with Gasteiger partial charge in [0.25, 0.3) is 0 Å². The maximum atomic E-state index is 14.4. The van der Waals surface area contributed by atoms with Gasteiger partial charge in [0, 0.05) is 25.8 Å². The highest BCUT2D eigenvalue weighted by molar-refractivity contribution is 5.81. The molecule has 0 aliphatic heterocycles. The maximum absolute atomic E-state index is 14.4. The third kappa shape index (κ3) is 4.11. The molecule has 2 saturated carbocycles. The highest BCUT2D eigenvalue weighted by atomic mass is 19.4. The van der Waals surface area contributed by atoms with Crippen LogP contribution in [0.5, 0.6) is 0 Å². The first-order valence-electron chi connectivity index (χ1n) is 12.4. The molecule has 3 aromatic heterocycles. The van der Waals surface area contributed by atoms with Crippen LogP contribution in [0.3, 0.4) is 0 Å². The molecule has 0 spiro atoms. The van der Waals surface area contributed by atoms with Crippen molar-refractivity contribution in [2.75, 3.05) is 13.1 Å². The minimum Gasteiger partial charge on any atom is -0.297 e. The van der Waals surface area contributed by atoms with E-state index in [1.807, 2.05) is 31.4 Å². The minimum atomic E-state index is -4.54.